The number of hydrogen-bond donors (Lipinski definition) is 0. The monoisotopic (exact) mass is 239 g/mol. The Labute approximate surface area is 100 Å². The normalized spacial score (nSPS) is 11.1. The SMILES string of the molecule is COC(=O)C(=CN(C)C)c1ccc(Cl)cc1. The summed E-state index contributed by atoms with van der Waals surface area (Å²) in [4.78, 5) is 13.4. The Hall–Kier alpha value is -1.48. The van der Waals surface area contributed by atoms with E-state index in [1.165, 1.54) is 7.11 Å². The van der Waals surface area contributed by atoms with Crippen LogP contribution in [0, 0.1) is 0 Å². The van der Waals surface area contributed by atoms with Gasteiger partial charge in [0.25, 0.3) is 0 Å². The number of rotatable bonds is 3. The lowest BCUT2D eigenvalue weighted by atomic mass is 10.1. The summed E-state index contributed by atoms with van der Waals surface area (Å²) in [5.74, 6) is -0.365. The van der Waals surface area contributed by atoms with Crippen LogP contribution in [0.2, 0.25) is 5.02 Å². The summed E-state index contributed by atoms with van der Waals surface area (Å²) in [7, 11) is 5.06. The molecule has 0 saturated heterocycles. The van der Waals surface area contributed by atoms with Crippen LogP contribution in [0.4, 0.5) is 0 Å². The third kappa shape index (κ3) is 3.28. The van der Waals surface area contributed by atoms with E-state index in [0.717, 1.165) is 5.56 Å². The van der Waals surface area contributed by atoms with E-state index in [1.807, 2.05) is 14.1 Å². The zero-order valence-electron chi connectivity index (χ0n) is 9.53. The van der Waals surface area contributed by atoms with Crippen LogP contribution < -0.4 is 0 Å². The zero-order chi connectivity index (χ0) is 12.1. The Bertz CT molecular complexity index is 396. The molecule has 86 valence electrons. The van der Waals surface area contributed by atoms with Gasteiger partial charge in [-0.2, -0.15) is 0 Å². The lowest BCUT2D eigenvalue weighted by Crippen LogP contribution is -2.10. The topological polar surface area (TPSA) is 29.5 Å². The molecule has 0 radical (unpaired) electrons. The molecule has 0 aliphatic heterocycles. The van der Waals surface area contributed by atoms with Crippen LogP contribution in [-0.2, 0) is 9.53 Å². The number of benzene rings is 1. The van der Waals surface area contributed by atoms with Crippen LogP contribution in [0.1, 0.15) is 5.56 Å². The number of methoxy groups -OCH3 is 1. The Balaban J connectivity index is 3.11. The van der Waals surface area contributed by atoms with Gasteiger partial charge < -0.3 is 9.64 Å². The summed E-state index contributed by atoms with van der Waals surface area (Å²) in [6.07, 6.45) is 1.72. The van der Waals surface area contributed by atoms with Crippen molar-refractivity contribution in [2.45, 2.75) is 0 Å². The molecule has 0 heterocycles. The molecule has 0 fully saturated rings. The molecule has 0 aliphatic rings. The summed E-state index contributed by atoms with van der Waals surface area (Å²) >= 11 is 5.79. The Morgan fingerprint density at radius 2 is 1.88 bits per heavy atom. The second-order valence-electron chi connectivity index (χ2n) is 3.50. The second-order valence-corrected chi connectivity index (χ2v) is 3.94. The van der Waals surface area contributed by atoms with Gasteiger partial charge in [0.15, 0.2) is 0 Å². The molecule has 0 amide bonds. The van der Waals surface area contributed by atoms with Gasteiger partial charge >= 0.3 is 5.97 Å². The van der Waals surface area contributed by atoms with E-state index in [2.05, 4.69) is 0 Å². The van der Waals surface area contributed by atoms with Crippen LogP contribution in [0.3, 0.4) is 0 Å². The van der Waals surface area contributed by atoms with E-state index in [1.54, 1.807) is 35.4 Å². The Morgan fingerprint density at radius 3 is 2.31 bits per heavy atom. The largest absolute Gasteiger partial charge is 0.465 e. The average Bonchev–Trinajstić information content (AvgIpc) is 2.26. The van der Waals surface area contributed by atoms with Crippen molar-refractivity contribution in [1.82, 2.24) is 4.90 Å². The minimum Gasteiger partial charge on any atom is -0.465 e. The molecular formula is C12H14ClNO2. The predicted molar refractivity (Wildman–Crippen MR) is 65.1 cm³/mol. The predicted octanol–water partition coefficient (Wildman–Crippen LogP) is 2.42. The summed E-state index contributed by atoms with van der Waals surface area (Å²) in [6.45, 7) is 0. The van der Waals surface area contributed by atoms with Crippen LogP contribution in [0.25, 0.3) is 5.57 Å². The van der Waals surface area contributed by atoms with Crippen LogP contribution in [0.5, 0.6) is 0 Å². The maximum absolute atomic E-state index is 11.6. The number of hydrogen-bond acceptors (Lipinski definition) is 3. The highest BCUT2D eigenvalue weighted by molar-refractivity contribution is 6.30. The maximum Gasteiger partial charge on any atom is 0.339 e. The van der Waals surface area contributed by atoms with Crippen LogP contribution in [-0.4, -0.2) is 32.1 Å². The van der Waals surface area contributed by atoms with Crippen molar-refractivity contribution in [2.75, 3.05) is 21.2 Å². The first-order valence-corrected chi connectivity index (χ1v) is 5.15. The first-order chi connectivity index (χ1) is 7.54. The molecule has 0 aliphatic carbocycles. The zero-order valence-corrected chi connectivity index (χ0v) is 10.3. The number of halogens is 1. The molecule has 0 aromatic heterocycles. The van der Waals surface area contributed by atoms with Gasteiger partial charge in [0, 0.05) is 25.3 Å². The van der Waals surface area contributed by atoms with Gasteiger partial charge in [0.05, 0.1) is 12.7 Å². The van der Waals surface area contributed by atoms with Gasteiger partial charge in [-0.3, -0.25) is 0 Å². The molecule has 0 atom stereocenters. The number of esters is 1. The molecule has 0 bridgehead atoms. The van der Waals surface area contributed by atoms with Crippen molar-refractivity contribution in [3.05, 3.63) is 41.1 Å². The highest BCUT2D eigenvalue weighted by Gasteiger charge is 2.12. The van der Waals surface area contributed by atoms with Crippen LogP contribution in [0.15, 0.2) is 30.5 Å². The van der Waals surface area contributed by atoms with Gasteiger partial charge in [-0.15, -0.1) is 0 Å². The quantitative estimate of drug-likeness (QED) is 0.599. The lowest BCUT2D eigenvalue weighted by Gasteiger charge is -2.10. The van der Waals surface area contributed by atoms with E-state index in [4.69, 9.17) is 16.3 Å². The fraction of sp³-hybridized carbons (Fsp3) is 0.250. The molecular weight excluding hydrogens is 226 g/mol. The lowest BCUT2D eigenvalue weighted by molar-refractivity contribution is -0.133. The number of nitrogens with zero attached hydrogens (tertiary/aromatic N) is 1. The van der Waals surface area contributed by atoms with E-state index in [-0.39, 0.29) is 5.97 Å². The summed E-state index contributed by atoms with van der Waals surface area (Å²) < 4.78 is 4.73. The highest BCUT2D eigenvalue weighted by Crippen LogP contribution is 2.19. The fourth-order valence-electron chi connectivity index (χ4n) is 1.24. The summed E-state index contributed by atoms with van der Waals surface area (Å²) in [5.41, 5.74) is 1.29. The minimum atomic E-state index is -0.365. The molecule has 0 spiro atoms. The third-order valence-electron chi connectivity index (χ3n) is 1.95. The number of carbonyl (C=O) groups excluding carboxylic acids is 1. The molecule has 1 aromatic rings. The van der Waals surface area contributed by atoms with Crippen molar-refractivity contribution in [3.63, 3.8) is 0 Å². The van der Waals surface area contributed by atoms with E-state index in [0.29, 0.717) is 10.6 Å². The Morgan fingerprint density at radius 1 is 1.31 bits per heavy atom. The van der Waals surface area contributed by atoms with Crippen molar-refractivity contribution in [1.29, 1.82) is 0 Å². The number of ether oxygens (including phenoxy) is 1. The maximum atomic E-state index is 11.6. The van der Waals surface area contributed by atoms with Crippen molar-refractivity contribution in [2.24, 2.45) is 0 Å². The third-order valence-corrected chi connectivity index (χ3v) is 2.20. The highest BCUT2D eigenvalue weighted by atomic mass is 35.5. The van der Waals surface area contributed by atoms with Gasteiger partial charge in [-0.25, -0.2) is 4.79 Å². The molecule has 0 unspecified atom stereocenters. The van der Waals surface area contributed by atoms with Crippen LogP contribution >= 0.6 is 11.6 Å². The fourth-order valence-corrected chi connectivity index (χ4v) is 1.37. The molecule has 4 heteroatoms. The van der Waals surface area contributed by atoms with Gasteiger partial charge in [-0.05, 0) is 17.7 Å². The van der Waals surface area contributed by atoms with Crippen molar-refractivity contribution < 1.29 is 9.53 Å². The molecule has 0 N–H and O–H groups in total. The van der Waals surface area contributed by atoms with Gasteiger partial charge in [-0.1, -0.05) is 23.7 Å². The summed E-state index contributed by atoms with van der Waals surface area (Å²) in [6, 6.07) is 7.05. The average molecular weight is 240 g/mol. The smallest absolute Gasteiger partial charge is 0.339 e. The van der Waals surface area contributed by atoms with Crippen molar-refractivity contribution in [3.8, 4) is 0 Å². The minimum absolute atomic E-state index is 0.365. The summed E-state index contributed by atoms with van der Waals surface area (Å²) in [5, 5.41) is 0.637. The molecule has 0 saturated carbocycles. The van der Waals surface area contributed by atoms with Gasteiger partial charge in [0.1, 0.15) is 0 Å². The van der Waals surface area contributed by atoms with E-state index < -0.39 is 0 Å². The second kappa shape index (κ2) is 5.56. The molecule has 1 rings (SSSR count). The molecule has 1 aromatic carbocycles. The Kier molecular flexibility index (Phi) is 4.38. The van der Waals surface area contributed by atoms with Gasteiger partial charge in [0.2, 0.25) is 0 Å². The number of carbonyl (C=O) groups is 1. The molecule has 3 nitrogen and oxygen atoms in total. The van der Waals surface area contributed by atoms with E-state index in [9.17, 15) is 4.79 Å². The first kappa shape index (κ1) is 12.6. The van der Waals surface area contributed by atoms with E-state index >= 15 is 0 Å². The first-order valence-electron chi connectivity index (χ1n) is 4.77. The standard InChI is InChI=1S/C12H14ClNO2/c1-14(2)8-11(12(15)16-3)9-4-6-10(13)7-5-9/h4-8H,1-3H3. The van der Waals surface area contributed by atoms with Crippen molar-refractivity contribution >= 4 is 23.1 Å². The molecule has 16 heavy (non-hydrogen) atoms.